The molecule has 0 bridgehead atoms. The maximum absolute atomic E-state index is 13.4. The number of aliphatic hydroxyl groups excluding tert-OH is 1. The smallest absolute Gasteiger partial charge is 0.153 e. The minimum Gasteiger partial charge on any atom is -0.385 e. The van der Waals surface area contributed by atoms with Crippen LogP contribution in [0.4, 0.5) is 4.39 Å². The summed E-state index contributed by atoms with van der Waals surface area (Å²) in [6, 6.07) is 4.60. The minimum atomic E-state index is -0.883. The van der Waals surface area contributed by atoms with Crippen molar-refractivity contribution in [2.24, 2.45) is 0 Å². The lowest BCUT2D eigenvalue weighted by molar-refractivity contribution is 0.167. The molecule has 1 atom stereocenters. The second-order valence-electron chi connectivity index (χ2n) is 3.33. The SMILES string of the molecule is OC(Cc1cc(Br)ccc1F)c1ncn[nH]1. The second kappa shape index (κ2) is 4.71. The first-order valence-corrected chi connectivity index (χ1v) is 5.43. The molecule has 0 aliphatic rings. The zero-order valence-corrected chi connectivity index (χ0v) is 9.78. The maximum atomic E-state index is 13.4. The number of halogens is 2. The van der Waals surface area contributed by atoms with E-state index in [4.69, 9.17) is 0 Å². The molecule has 0 spiro atoms. The van der Waals surface area contributed by atoms with E-state index in [2.05, 4.69) is 31.1 Å². The average molecular weight is 286 g/mol. The largest absolute Gasteiger partial charge is 0.385 e. The van der Waals surface area contributed by atoms with E-state index < -0.39 is 6.10 Å². The molecule has 1 aromatic heterocycles. The molecule has 6 heteroatoms. The summed E-state index contributed by atoms with van der Waals surface area (Å²) in [5.74, 6) is -0.0128. The number of aromatic nitrogens is 3. The van der Waals surface area contributed by atoms with Gasteiger partial charge in [0.2, 0.25) is 0 Å². The zero-order valence-electron chi connectivity index (χ0n) is 8.19. The van der Waals surface area contributed by atoms with Crippen molar-refractivity contribution < 1.29 is 9.50 Å². The normalized spacial score (nSPS) is 12.7. The molecule has 2 aromatic rings. The van der Waals surface area contributed by atoms with Crippen LogP contribution in [0.25, 0.3) is 0 Å². The van der Waals surface area contributed by atoms with Gasteiger partial charge < -0.3 is 5.11 Å². The van der Waals surface area contributed by atoms with Crippen molar-refractivity contribution in [3.8, 4) is 0 Å². The van der Waals surface area contributed by atoms with Gasteiger partial charge in [-0.05, 0) is 23.8 Å². The highest BCUT2D eigenvalue weighted by Gasteiger charge is 2.14. The number of H-pyrrole nitrogens is 1. The van der Waals surface area contributed by atoms with Crippen molar-refractivity contribution in [2.45, 2.75) is 12.5 Å². The average Bonchev–Trinajstić information content (AvgIpc) is 2.76. The Labute approximate surface area is 99.7 Å². The van der Waals surface area contributed by atoms with Gasteiger partial charge in [0.05, 0.1) is 0 Å². The van der Waals surface area contributed by atoms with Crippen LogP contribution in [0.15, 0.2) is 29.0 Å². The summed E-state index contributed by atoms with van der Waals surface area (Å²) in [4.78, 5) is 3.81. The highest BCUT2D eigenvalue weighted by atomic mass is 79.9. The van der Waals surface area contributed by atoms with Crippen LogP contribution in [0.1, 0.15) is 17.5 Å². The maximum Gasteiger partial charge on any atom is 0.153 e. The number of rotatable bonds is 3. The molecule has 1 aromatic carbocycles. The molecule has 0 saturated carbocycles. The van der Waals surface area contributed by atoms with Crippen LogP contribution in [-0.2, 0) is 6.42 Å². The topological polar surface area (TPSA) is 61.8 Å². The van der Waals surface area contributed by atoms with E-state index in [0.717, 1.165) is 4.47 Å². The Kier molecular flexibility index (Phi) is 3.31. The Bertz CT molecular complexity index is 475. The lowest BCUT2D eigenvalue weighted by Gasteiger charge is -2.08. The number of nitrogens with one attached hydrogen (secondary N) is 1. The molecule has 0 saturated heterocycles. The van der Waals surface area contributed by atoms with Gasteiger partial charge >= 0.3 is 0 Å². The molecule has 84 valence electrons. The van der Waals surface area contributed by atoms with Gasteiger partial charge in [0, 0.05) is 10.9 Å². The van der Waals surface area contributed by atoms with E-state index in [0.29, 0.717) is 11.4 Å². The standard InChI is InChI=1S/C10H9BrFN3O/c11-7-1-2-8(12)6(3-7)4-9(16)10-13-5-14-15-10/h1-3,5,9,16H,4H2,(H,13,14,15). The summed E-state index contributed by atoms with van der Waals surface area (Å²) >= 11 is 3.25. The fourth-order valence-corrected chi connectivity index (χ4v) is 1.79. The quantitative estimate of drug-likeness (QED) is 0.907. The first-order chi connectivity index (χ1) is 7.66. The van der Waals surface area contributed by atoms with Crippen LogP contribution in [0.2, 0.25) is 0 Å². The minimum absolute atomic E-state index is 0.153. The van der Waals surface area contributed by atoms with E-state index in [1.54, 1.807) is 12.1 Å². The fraction of sp³-hybridized carbons (Fsp3) is 0.200. The van der Waals surface area contributed by atoms with Crippen LogP contribution in [0.3, 0.4) is 0 Å². The molecule has 0 radical (unpaired) electrons. The Balaban J connectivity index is 2.17. The highest BCUT2D eigenvalue weighted by molar-refractivity contribution is 9.10. The number of aliphatic hydroxyl groups is 1. The van der Waals surface area contributed by atoms with Crippen LogP contribution < -0.4 is 0 Å². The van der Waals surface area contributed by atoms with Gasteiger partial charge in [-0.3, -0.25) is 5.10 Å². The number of aromatic amines is 1. The predicted octanol–water partition coefficient (Wildman–Crippen LogP) is 1.98. The van der Waals surface area contributed by atoms with E-state index in [1.807, 2.05) is 0 Å². The molecule has 0 aliphatic carbocycles. The van der Waals surface area contributed by atoms with Gasteiger partial charge in [-0.25, -0.2) is 9.37 Å². The Morgan fingerprint density at radius 1 is 1.50 bits per heavy atom. The number of hydrogen-bond acceptors (Lipinski definition) is 3. The highest BCUT2D eigenvalue weighted by Crippen LogP contribution is 2.20. The first kappa shape index (κ1) is 11.2. The molecule has 0 aliphatic heterocycles. The number of hydrogen-bond donors (Lipinski definition) is 2. The van der Waals surface area contributed by atoms with Gasteiger partial charge in [-0.1, -0.05) is 15.9 Å². The second-order valence-corrected chi connectivity index (χ2v) is 4.24. The van der Waals surface area contributed by atoms with Crippen LogP contribution >= 0.6 is 15.9 Å². The molecule has 1 heterocycles. The molecular weight excluding hydrogens is 277 g/mol. The van der Waals surface area contributed by atoms with E-state index in [9.17, 15) is 9.50 Å². The third kappa shape index (κ3) is 2.45. The van der Waals surface area contributed by atoms with E-state index in [1.165, 1.54) is 12.4 Å². The van der Waals surface area contributed by atoms with Crippen LogP contribution in [0.5, 0.6) is 0 Å². The van der Waals surface area contributed by atoms with Gasteiger partial charge in [-0.2, -0.15) is 5.10 Å². The zero-order chi connectivity index (χ0) is 11.5. The number of nitrogens with zero attached hydrogens (tertiary/aromatic N) is 2. The fourth-order valence-electron chi connectivity index (χ4n) is 1.38. The molecule has 0 amide bonds. The Morgan fingerprint density at radius 2 is 2.31 bits per heavy atom. The van der Waals surface area contributed by atoms with Crippen molar-refractivity contribution in [3.63, 3.8) is 0 Å². The van der Waals surface area contributed by atoms with Gasteiger partial charge in [0.15, 0.2) is 5.82 Å². The molecule has 0 fully saturated rings. The van der Waals surface area contributed by atoms with E-state index in [-0.39, 0.29) is 12.2 Å². The van der Waals surface area contributed by atoms with Gasteiger partial charge in [0.25, 0.3) is 0 Å². The van der Waals surface area contributed by atoms with Crippen molar-refractivity contribution >= 4 is 15.9 Å². The summed E-state index contributed by atoms with van der Waals surface area (Å²) in [7, 11) is 0. The summed E-state index contributed by atoms with van der Waals surface area (Å²) in [5.41, 5.74) is 0.429. The molecular formula is C10H9BrFN3O. The number of benzene rings is 1. The third-order valence-electron chi connectivity index (χ3n) is 2.17. The predicted molar refractivity (Wildman–Crippen MR) is 59.1 cm³/mol. The summed E-state index contributed by atoms with van der Waals surface area (Å²) < 4.78 is 14.2. The van der Waals surface area contributed by atoms with E-state index >= 15 is 0 Å². The molecule has 4 nitrogen and oxygen atoms in total. The Morgan fingerprint density at radius 3 is 3.00 bits per heavy atom. The van der Waals surface area contributed by atoms with Gasteiger partial charge in [-0.15, -0.1) is 0 Å². The van der Waals surface area contributed by atoms with Crippen molar-refractivity contribution in [1.82, 2.24) is 15.2 Å². The van der Waals surface area contributed by atoms with Crippen LogP contribution in [0, 0.1) is 5.82 Å². The molecule has 16 heavy (non-hydrogen) atoms. The lowest BCUT2D eigenvalue weighted by Crippen LogP contribution is -2.05. The monoisotopic (exact) mass is 285 g/mol. The van der Waals surface area contributed by atoms with Crippen molar-refractivity contribution in [2.75, 3.05) is 0 Å². The molecule has 2 N–H and O–H groups in total. The summed E-state index contributed by atoms with van der Waals surface area (Å²) in [5, 5.41) is 15.9. The Hall–Kier alpha value is -1.27. The summed E-state index contributed by atoms with van der Waals surface area (Å²) in [6.07, 6.45) is 0.572. The van der Waals surface area contributed by atoms with Gasteiger partial charge in [0.1, 0.15) is 18.2 Å². The van der Waals surface area contributed by atoms with Crippen molar-refractivity contribution in [1.29, 1.82) is 0 Å². The molecule has 1 unspecified atom stereocenters. The summed E-state index contributed by atoms with van der Waals surface area (Å²) in [6.45, 7) is 0. The first-order valence-electron chi connectivity index (χ1n) is 4.64. The van der Waals surface area contributed by atoms with Crippen LogP contribution in [-0.4, -0.2) is 20.3 Å². The lowest BCUT2D eigenvalue weighted by atomic mass is 10.1. The molecule has 2 rings (SSSR count). The van der Waals surface area contributed by atoms with Crippen molar-refractivity contribution in [3.05, 3.63) is 46.2 Å². The third-order valence-corrected chi connectivity index (χ3v) is 2.66.